The number of nitrogens with zero attached hydrogens (tertiary/aromatic N) is 2. The summed E-state index contributed by atoms with van der Waals surface area (Å²) in [7, 11) is 0. The number of halogens is 1. The Morgan fingerprint density at radius 1 is 1.22 bits per heavy atom. The van der Waals surface area contributed by atoms with Gasteiger partial charge < -0.3 is 5.73 Å². The minimum absolute atomic E-state index is 0.740. The molecule has 0 aromatic heterocycles. The highest BCUT2D eigenvalue weighted by molar-refractivity contribution is 6.30. The highest BCUT2D eigenvalue weighted by atomic mass is 35.5. The van der Waals surface area contributed by atoms with Crippen LogP contribution in [0, 0.1) is 0 Å². The van der Waals surface area contributed by atoms with Crippen LogP contribution in [0.2, 0.25) is 5.02 Å². The van der Waals surface area contributed by atoms with E-state index in [1.165, 1.54) is 38.0 Å². The zero-order valence-electron chi connectivity index (χ0n) is 10.6. The quantitative estimate of drug-likeness (QED) is 0.833. The Morgan fingerprint density at radius 2 is 2.11 bits per heavy atom. The van der Waals surface area contributed by atoms with Gasteiger partial charge in [0.15, 0.2) is 0 Å². The SMILES string of the molecule is Nc1cc(Cl)cc(CN2CCN3CCCC3C2)c1. The molecule has 2 aliphatic rings. The highest BCUT2D eigenvalue weighted by Crippen LogP contribution is 2.24. The minimum atomic E-state index is 0.740. The summed E-state index contributed by atoms with van der Waals surface area (Å²) in [6.45, 7) is 5.81. The lowest BCUT2D eigenvalue weighted by Crippen LogP contribution is -2.49. The molecule has 0 saturated carbocycles. The van der Waals surface area contributed by atoms with Gasteiger partial charge in [-0.3, -0.25) is 9.80 Å². The standard InChI is InChI=1S/C14H20ClN3/c15-12-6-11(7-13(16)8-12)9-17-4-5-18-3-1-2-14(18)10-17/h6-8,14H,1-5,9-10,16H2. The van der Waals surface area contributed by atoms with Gasteiger partial charge in [0.05, 0.1) is 0 Å². The summed E-state index contributed by atoms with van der Waals surface area (Å²) < 4.78 is 0. The van der Waals surface area contributed by atoms with Gasteiger partial charge >= 0.3 is 0 Å². The molecule has 2 fully saturated rings. The summed E-state index contributed by atoms with van der Waals surface area (Å²) in [6.07, 6.45) is 2.72. The van der Waals surface area contributed by atoms with E-state index >= 15 is 0 Å². The molecule has 2 aliphatic heterocycles. The zero-order valence-corrected chi connectivity index (χ0v) is 11.4. The summed E-state index contributed by atoms with van der Waals surface area (Å²) in [5, 5.41) is 0.740. The molecule has 18 heavy (non-hydrogen) atoms. The number of nitrogens with two attached hydrogens (primary N) is 1. The first-order chi connectivity index (χ1) is 8.70. The summed E-state index contributed by atoms with van der Waals surface area (Å²) in [5.74, 6) is 0. The molecule has 2 saturated heterocycles. The van der Waals surface area contributed by atoms with Gasteiger partial charge in [-0.25, -0.2) is 0 Å². The molecule has 0 bridgehead atoms. The fraction of sp³-hybridized carbons (Fsp3) is 0.571. The topological polar surface area (TPSA) is 32.5 Å². The molecule has 98 valence electrons. The third-order valence-electron chi connectivity index (χ3n) is 4.06. The summed E-state index contributed by atoms with van der Waals surface area (Å²) in [6, 6.07) is 6.64. The van der Waals surface area contributed by atoms with Crippen molar-refractivity contribution < 1.29 is 0 Å². The van der Waals surface area contributed by atoms with Gasteiger partial charge in [-0.05, 0) is 43.1 Å². The molecule has 1 aromatic rings. The molecule has 3 nitrogen and oxygen atoms in total. The van der Waals surface area contributed by atoms with Crippen molar-refractivity contribution >= 4 is 17.3 Å². The molecule has 1 aromatic carbocycles. The van der Waals surface area contributed by atoms with Crippen LogP contribution >= 0.6 is 11.6 Å². The molecular formula is C14H20ClN3. The van der Waals surface area contributed by atoms with Crippen LogP contribution in [0.4, 0.5) is 5.69 Å². The largest absolute Gasteiger partial charge is 0.399 e. The van der Waals surface area contributed by atoms with Gasteiger partial charge in [0.1, 0.15) is 0 Å². The second kappa shape index (κ2) is 5.08. The number of nitrogen functional groups attached to an aromatic ring is 1. The van der Waals surface area contributed by atoms with Crippen molar-refractivity contribution in [2.75, 3.05) is 31.9 Å². The van der Waals surface area contributed by atoms with Crippen LogP contribution < -0.4 is 5.73 Å². The van der Waals surface area contributed by atoms with Gasteiger partial charge in [0.25, 0.3) is 0 Å². The Balaban J connectivity index is 1.65. The Morgan fingerprint density at radius 3 is 2.94 bits per heavy atom. The molecule has 4 heteroatoms. The van der Waals surface area contributed by atoms with E-state index in [2.05, 4.69) is 9.80 Å². The van der Waals surface area contributed by atoms with Crippen LogP contribution in [-0.2, 0) is 6.54 Å². The van der Waals surface area contributed by atoms with Crippen molar-refractivity contribution in [3.05, 3.63) is 28.8 Å². The third-order valence-corrected chi connectivity index (χ3v) is 4.28. The molecule has 1 atom stereocenters. The van der Waals surface area contributed by atoms with E-state index in [1.54, 1.807) is 6.07 Å². The van der Waals surface area contributed by atoms with Crippen LogP contribution in [0.1, 0.15) is 18.4 Å². The molecule has 0 spiro atoms. The summed E-state index contributed by atoms with van der Waals surface area (Å²) in [4.78, 5) is 5.15. The minimum Gasteiger partial charge on any atom is -0.399 e. The van der Waals surface area contributed by atoms with Crippen LogP contribution in [0.25, 0.3) is 0 Å². The Hall–Kier alpha value is -0.770. The predicted molar refractivity (Wildman–Crippen MR) is 75.7 cm³/mol. The normalized spacial score (nSPS) is 25.3. The van der Waals surface area contributed by atoms with Gasteiger partial charge in [0, 0.05) is 42.9 Å². The first-order valence-corrected chi connectivity index (χ1v) is 7.10. The lowest BCUT2D eigenvalue weighted by atomic mass is 10.1. The fourth-order valence-electron chi connectivity index (χ4n) is 3.22. The summed E-state index contributed by atoms with van der Waals surface area (Å²) in [5.41, 5.74) is 7.83. The molecule has 0 amide bonds. The smallest absolute Gasteiger partial charge is 0.0429 e. The van der Waals surface area contributed by atoms with E-state index in [0.717, 1.165) is 29.8 Å². The van der Waals surface area contributed by atoms with Crippen LogP contribution in [-0.4, -0.2) is 42.0 Å². The number of benzene rings is 1. The van der Waals surface area contributed by atoms with Crippen molar-refractivity contribution in [1.29, 1.82) is 0 Å². The zero-order chi connectivity index (χ0) is 12.5. The highest BCUT2D eigenvalue weighted by Gasteiger charge is 2.30. The van der Waals surface area contributed by atoms with Crippen molar-refractivity contribution in [3.63, 3.8) is 0 Å². The van der Waals surface area contributed by atoms with Gasteiger partial charge in [0.2, 0.25) is 0 Å². The maximum absolute atomic E-state index is 6.05. The van der Waals surface area contributed by atoms with Gasteiger partial charge in [-0.15, -0.1) is 0 Å². The van der Waals surface area contributed by atoms with Crippen LogP contribution in [0.5, 0.6) is 0 Å². The first kappa shape index (κ1) is 12.3. The van der Waals surface area contributed by atoms with Crippen molar-refractivity contribution in [3.8, 4) is 0 Å². The number of anilines is 1. The molecule has 2 N–H and O–H groups in total. The predicted octanol–water partition coefficient (Wildman–Crippen LogP) is 2.20. The van der Waals surface area contributed by atoms with E-state index in [9.17, 15) is 0 Å². The molecule has 2 heterocycles. The Labute approximate surface area is 114 Å². The Kier molecular flexibility index (Phi) is 3.46. The number of rotatable bonds is 2. The van der Waals surface area contributed by atoms with E-state index in [0.29, 0.717) is 0 Å². The molecular weight excluding hydrogens is 246 g/mol. The van der Waals surface area contributed by atoms with Crippen molar-refractivity contribution in [2.24, 2.45) is 0 Å². The molecule has 3 rings (SSSR count). The second-order valence-electron chi connectivity index (χ2n) is 5.46. The number of hydrogen-bond donors (Lipinski definition) is 1. The third kappa shape index (κ3) is 2.63. The lowest BCUT2D eigenvalue weighted by molar-refractivity contribution is 0.0994. The number of fused-ring (bicyclic) bond motifs is 1. The van der Waals surface area contributed by atoms with E-state index in [-0.39, 0.29) is 0 Å². The monoisotopic (exact) mass is 265 g/mol. The molecule has 0 aliphatic carbocycles. The maximum atomic E-state index is 6.05. The van der Waals surface area contributed by atoms with Crippen molar-refractivity contribution in [2.45, 2.75) is 25.4 Å². The average Bonchev–Trinajstić information content (AvgIpc) is 2.74. The average molecular weight is 266 g/mol. The number of hydrogen-bond acceptors (Lipinski definition) is 3. The maximum Gasteiger partial charge on any atom is 0.0429 e. The van der Waals surface area contributed by atoms with E-state index in [1.807, 2.05) is 12.1 Å². The first-order valence-electron chi connectivity index (χ1n) is 6.72. The molecule has 1 unspecified atom stereocenters. The van der Waals surface area contributed by atoms with E-state index < -0.39 is 0 Å². The number of piperazine rings is 1. The lowest BCUT2D eigenvalue weighted by Gasteiger charge is -2.37. The van der Waals surface area contributed by atoms with Crippen LogP contribution in [0.3, 0.4) is 0 Å². The fourth-order valence-corrected chi connectivity index (χ4v) is 3.49. The summed E-state index contributed by atoms with van der Waals surface area (Å²) >= 11 is 6.05. The Bertz CT molecular complexity index is 415. The van der Waals surface area contributed by atoms with E-state index in [4.69, 9.17) is 17.3 Å². The van der Waals surface area contributed by atoms with Crippen molar-refractivity contribution in [1.82, 2.24) is 9.80 Å². The molecule has 0 radical (unpaired) electrons. The van der Waals surface area contributed by atoms with Gasteiger partial charge in [-0.1, -0.05) is 11.6 Å². The van der Waals surface area contributed by atoms with Crippen LogP contribution in [0.15, 0.2) is 18.2 Å². The van der Waals surface area contributed by atoms with Gasteiger partial charge in [-0.2, -0.15) is 0 Å². The second-order valence-corrected chi connectivity index (χ2v) is 5.90.